The smallest absolute Gasteiger partial charge is 0.118 e. The third kappa shape index (κ3) is 2.44. The van der Waals surface area contributed by atoms with E-state index in [4.69, 9.17) is 9.84 Å². The van der Waals surface area contributed by atoms with Crippen molar-refractivity contribution in [3.8, 4) is 5.75 Å². The average Bonchev–Trinajstić information content (AvgIpc) is 2.07. The largest absolute Gasteiger partial charge is 0.497 e. The standard InChI is InChI=1S/C8H10O2S/c1-10-7-2-4-8(5-3-7)11-6-9/h2-5,9H,6H2,1H3. The highest BCUT2D eigenvalue weighted by molar-refractivity contribution is 7.99. The molecule has 0 radical (unpaired) electrons. The number of methoxy groups -OCH3 is 1. The lowest BCUT2D eigenvalue weighted by molar-refractivity contribution is 0.375. The molecule has 0 aliphatic rings. The highest BCUT2D eigenvalue weighted by atomic mass is 32.2. The SMILES string of the molecule is COc1ccc(SCO)cc1. The predicted octanol–water partition coefficient (Wildman–Crippen LogP) is 1.74. The number of aliphatic hydroxyl groups excluding tert-OH is 1. The Hall–Kier alpha value is -0.670. The molecule has 1 aromatic carbocycles. The van der Waals surface area contributed by atoms with Crippen LogP contribution < -0.4 is 4.74 Å². The Labute approximate surface area is 70.2 Å². The molecular weight excluding hydrogens is 160 g/mol. The Balaban J connectivity index is 2.66. The van der Waals surface area contributed by atoms with Gasteiger partial charge in [-0.05, 0) is 24.3 Å². The summed E-state index contributed by atoms with van der Waals surface area (Å²) < 4.78 is 4.98. The lowest BCUT2D eigenvalue weighted by atomic mass is 10.3. The molecule has 0 bridgehead atoms. The summed E-state index contributed by atoms with van der Waals surface area (Å²) in [5.74, 6) is 0.957. The van der Waals surface area contributed by atoms with Gasteiger partial charge in [-0.25, -0.2) is 0 Å². The molecule has 1 aromatic rings. The lowest BCUT2D eigenvalue weighted by Crippen LogP contribution is -1.81. The van der Waals surface area contributed by atoms with Gasteiger partial charge in [0, 0.05) is 4.90 Å². The van der Waals surface area contributed by atoms with Crippen LogP contribution >= 0.6 is 11.8 Å². The van der Waals surface area contributed by atoms with E-state index in [-0.39, 0.29) is 5.94 Å². The minimum atomic E-state index is 0.117. The molecule has 1 N–H and O–H groups in total. The van der Waals surface area contributed by atoms with Crippen molar-refractivity contribution < 1.29 is 9.84 Å². The zero-order chi connectivity index (χ0) is 8.10. The maximum absolute atomic E-state index is 8.58. The number of aliphatic hydroxyl groups is 1. The van der Waals surface area contributed by atoms with Crippen molar-refractivity contribution in [2.75, 3.05) is 13.0 Å². The van der Waals surface area contributed by atoms with Crippen LogP contribution in [0.3, 0.4) is 0 Å². The van der Waals surface area contributed by atoms with Crippen LogP contribution in [0.1, 0.15) is 0 Å². The summed E-state index contributed by atoms with van der Waals surface area (Å²) in [6.07, 6.45) is 0. The van der Waals surface area contributed by atoms with Crippen LogP contribution in [-0.4, -0.2) is 18.2 Å². The van der Waals surface area contributed by atoms with E-state index in [2.05, 4.69) is 0 Å². The van der Waals surface area contributed by atoms with Crippen molar-refractivity contribution in [3.05, 3.63) is 24.3 Å². The van der Waals surface area contributed by atoms with Gasteiger partial charge in [-0.2, -0.15) is 0 Å². The topological polar surface area (TPSA) is 29.5 Å². The maximum atomic E-state index is 8.58. The van der Waals surface area contributed by atoms with Gasteiger partial charge in [0.1, 0.15) is 5.75 Å². The highest BCUT2D eigenvalue weighted by Gasteiger charge is 1.92. The number of hydrogen-bond acceptors (Lipinski definition) is 3. The van der Waals surface area contributed by atoms with E-state index in [0.29, 0.717) is 0 Å². The molecule has 0 aliphatic carbocycles. The monoisotopic (exact) mass is 170 g/mol. The summed E-state index contributed by atoms with van der Waals surface area (Å²) >= 11 is 1.39. The minimum absolute atomic E-state index is 0.117. The summed E-state index contributed by atoms with van der Waals surface area (Å²) in [5.41, 5.74) is 0. The van der Waals surface area contributed by atoms with Gasteiger partial charge in [-0.15, -0.1) is 0 Å². The molecule has 0 heterocycles. The lowest BCUT2D eigenvalue weighted by Gasteiger charge is -2.00. The Morgan fingerprint density at radius 3 is 2.45 bits per heavy atom. The van der Waals surface area contributed by atoms with Gasteiger partial charge < -0.3 is 9.84 Å². The fourth-order valence-corrected chi connectivity index (χ4v) is 1.22. The van der Waals surface area contributed by atoms with Gasteiger partial charge in [0.05, 0.1) is 13.0 Å². The Kier molecular flexibility index (Phi) is 3.26. The number of hydrogen-bond donors (Lipinski definition) is 1. The second kappa shape index (κ2) is 4.26. The second-order valence-corrected chi connectivity index (χ2v) is 2.97. The maximum Gasteiger partial charge on any atom is 0.118 e. The molecule has 60 valence electrons. The fraction of sp³-hybridized carbons (Fsp3) is 0.250. The molecule has 0 spiro atoms. The second-order valence-electron chi connectivity index (χ2n) is 1.95. The van der Waals surface area contributed by atoms with E-state index in [9.17, 15) is 0 Å². The molecule has 3 heteroatoms. The third-order valence-corrected chi connectivity index (χ3v) is 2.03. The summed E-state index contributed by atoms with van der Waals surface area (Å²) in [7, 11) is 1.63. The van der Waals surface area contributed by atoms with Gasteiger partial charge >= 0.3 is 0 Å². The van der Waals surface area contributed by atoms with Crippen LogP contribution in [0.5, 0.6) is 5.75 Å². The van der Waals surface area contributed by atoms with Crippen molar-refractivity contribution in [3.63, 3.8) is 0 Å². The van der Waals surface area contributed by atoms with Crippen LogP contribution in [0.4, 0.5) is 0 Å². The van der Waals surface area contributed by atoms with E-state index < -0.39 is 0 Å². The van der Waals surface area contributed by atoms with Crippen molar-refractivity contribution in [1.29, 1.82) is 0 Å². The first-order valence-electron chi connectivity index (χ1n) is 3.24. The Bertz CT molecular complexity index is 208. The summed E-state index contributed by atoms with van der Waals surface area (Å²) in [5, 5.41) is 8.58. The van der Waals surface area contributed by atoms with Gasteiger partial charge in [0.2, 0.25) is 0 Å². The molecule has 11 heavy (non-hydrogen) atoms. The quantitative estimate of drug-likeness (QED) is 0.553. The molecule has 0 fully saturated rings. The highest BCUT2D eigenvalue weighted by Crippen LogP contribution is 2.19. The van der Waals surface area contributed by atoms with Gasteiger partial charge in [-0.1, -0.05) is 11.8 Å². The molecule has 0 amide bonds. The zero-order valence-corrected chi connectivity index (χ0v) is 7.10. The molecule has 0 unspecified atom stereocenters. The molecule has 1 rings (SSSR count). The molecule has 0 aromatic heterocycles. The van der Waals surface area contributed by atoms with Gasteiger partial charge in [-0.3, -0.25) is 0 Å². The van der Waals surface area contributed by atoms with E-state index in [1.54, 1.807) is 7.11 Å². The molecule has 0 saturated heterocycles. The fourth-order valence-electron chi connectivity index (χ4n) is 0.746. The average molecular weight is 170 g/mol. The van der Waals surface area contributed by atoms with E-state index in [1.807, 2.05) is 24.3 Å². The van der Waals surface area contributed by atoms with Crippen LogP contribution in [0.15, 0.2) is 29.2 Å². The number of thioether (sulfide) groups is 1. The Morgan fingerprint density at radius 2 is 2.00 bits per heavy atom. The number of rotatable bonds is 3. The molecule has 0 atom stereocenters. The first-order chi connectivity index (χ1) is 5.36. The normalized spacial score (nSPS) is 9.64. The summed E-state index contributed by atoms with van der Waals surface area (Å²) in [6, 6.07) is 7.58. The Morgan fingerprint density at radius 1 is 1.36 bits per heavy atom. The molecular formula is C8H10O2S. The van der Waals surface area contributed by atoms with Gasteiger partial charge in [0.25, 0.3) is 0 Å². The van der Waals surface area contributed by atoms with Crippen LogP contribution in [0, 0.1) is 0 Å². The predicted molar refractivity (Wildman–Crippen MR) is 45.9 cm³/mol. The molecule has 0 saturated carbocycles. The van der Waals surface area contributed by atoms with Crippen molar-refractivity contribution in [1.82, 2.24) is 0 Å². The van der Waals surface area contributed by atoms with Gasteiger partial charge in [0.15, 0.2) is 0 Å². The van der Waals surface area contributed by atoms with Crippen molar-refractivity contribution >= 4 is 11.8 Å². The third-order valence-electron chi connectivity index (χ3n) is 1.29. The number of benzene rings is 1. The zero-order valence-electron chi connectivity index (χ0n) is 6.28. The minimum Gasteiger partial charge on any atom is -0.497 e. The number of ether oxygens (including phenoxy) is 1. The van der Waals surface area contributed by atoms with Crippen LogP contribution in [-0.2, 0) is 0 Å². The van der Waals surface area contributed by atoms with Crippen molar-refractivity contribution in [2.24, 2.45) is 0 Å². The molecule has 0 aliphatic heterocycles. The molecule has 2 nitrogen and oxygen atoms in total. The first-order valence-corrected chi connectivity index (χ1v) is 4.23. The van der Waals surface area contributed by atoms with Crippen LogP contribution in [0.2, 0.25) is 0 Å². The van der Waals surface area contributed by atoms with E-state index in [1.165, 1.54) is 11.8 Å². The summed E-state index contributed by atoms with van der Waals surface area (Å²) in [4.78, 5) is 1.05. The van der Waals surface area contributed by atoms with Crippen molar-refractivity contribution in [2.45, 2.75) is 4.90 Å². The first kappa shape index (κ1) is 8.43. The van der Waals surface area contributed by atoms with E-state index >= 15 is 0 Å². The van der Waals surface area contributed by atoms with E-state index in [0.717, 1.165) is 10.6 Å². The van der Waals surface area contributed by atoms with Crippen LogP contribution in [0.25, 0.3) is 0 Å². The summed E-state index contributed by atoms with van der Waals surface area (Å²) in [6.45, 7) is 0.